The highest BCUT2D eigenvalue weighted by Crippen LogP contribution is 2.35. The summed E-state index contributed by atoms with van der Waals surface area (Å²) < 4.78 is 22.4. The molecule has 1 aromatic rings. The van der Waals surface area contributed by atoms with E-state index in [-0.39, 0.29) is 11.9 Å². The minimum atomic E-state index is -0.553. The van der Waals surface area contributed by atoms with Crippen molar-refractivity contribution in [1.29, 1.82) is 0 Å². The van der Waals surface area contributed by atoms with Crippen molar-refractivity contribution in [1.82, 2.24) is 0 Å². The lowest BCUT2D eigenvalue weighted by Gasteiger charge is -2.18. The number of Topliss-reactive ketones (excluding diaryl/α,β-unsaturated/α-hetero) is 1. The summed E-state index contributed by atoms with van der Waals surface area (Å²) in [6, 6.07) is 3.68. The molecule has 0 radical (unpaired) electrons. The topological polar surface area (TPSA) is 54.0 Å². The van der Waals surface area contributed by atoms with Crippen LogP contribution in [0.3, 0.4) is 0 Å². The first-order valence-electron chi connectivity index (χ1n) is 7.17. The van der Waals surface area contributed by atoms with Crippen LogP contribution in [0.4, 0.5) is 0 Å². The van der Waals surface area contributed by atoms with Gasteiger partial charge in [0, 0.05) is 12.0 Å². The first kappa shape index (κ1) is 14.4. The first-order valence-corrected chi connectivity index (χ1v) is 7.17. The summed E-state index contributed by atoms with van der Waals surface area (Å²) in [5.74, 6) is 0.855. The van der Waals surface area contributed by atoms with Gasteiger partial charge in [0.05, 0.1) is 13.7 Å². The molecule has 1 heterocycles. The molecule has 1 unspecified atom stereocenters. The fourth-order valence-corrected chi connectivity index (χ4v) is 2.75. The van der Waals surface area contributed by atoms with Crippen LogP contribution in [0.15, 0.2) is 12.1 Å². The van der Waals surface area contributed by atoms with Crippen molar-refractivity contribution in [2.45, 2.75) is 38.6 Å². The van der Waals surface area contributed by atoms with Crippen molar-refractivity contribution in [2.75, 3.05) is 20.3 Å². The maximum Gasteiger partial charge on any atom is 0.163 e. The van der Waals surface area contributed by atoms with E-state index < -0.39 is 5.79 Å². The summed E-state index contributed by atoms with van der Waals surface area (Å²) in [6.07, 6.45) is 1.24. The van der Waals surface area contributed by atoms with E-state index >= 15 is 0 Å². The molecule has 0 amide bonds. The van der Waals surface area contributed by atoms with Crippen LogP contribution in [0.1, 0.15) is 36.2 Å². The van der Waals surface area contributed by atoms with Crippen LogP contribution in [0, 0.1) is 0 Å². The SMILES string of the molecule is COc1cc2c(cc1OCC1COC(C)(C)O1)CCC2=O. The molecular formula is C16H20O5. The van der Waals surface area contributed by atoms with E-state index in [1.807, 2.05) is 19.9 Å². The fourth-order valence-electron chi connectivity index (χ4n) is 2.75. The Labute approximate surface area is 124 Å². The molecule has 0 spiro atoms. The van der Waals surface area contributed by atoms with Crippen LogP contribution in [-0.4, -0.2) is 38.0 Å². The lowest BCUT2D eigenvalue weighted by Crippen LogP contribution is -2.25. The molecule has 1 fully saturated rings. The summed E-state index contributed by atoms with van der Waals surface area (Å²) in [4.78, 5) is 11.8. The molecule has 21 heavy (non-hydrogen) atoms. The Kier molecular flexibility index (Phi) is 3.63. The lowest BCUT2D eigenvalue weighted by atomic mass is 10.1. The Hall–Kier alpha value is -1.59. The highest BCUT2D eigenvalue weighted by atomic mass is 16.7. The molecule has 1 aliphatic carbocycles. The van der Waals surface area contributed by atoms with Crippen LogP contribution >= 0.6 is 0 Å². The van der Waals surface area contributed by atoms with Gasteiger partial charge in [0.2, 0.25) is 0 Å². The zero-order valence-electron chi connectivity index (χ0n) is 12.6. The summed E-state index contributed by atoms with van der Waals surface area (Å²) in [6.45, 7) is 4.68. The number of hydrogen-bond acceptors (Lipinski definition) is 5. The number of carbonyl (C=O) groups is 1. The molecule has 1 aromatic carbocycles. The Bertz CT molecular complexity index is 564. The maximum atomic E-state index is 11.8. The second kappa shape index (κ2) is 5.31. The summed E-state index contributed by atoms with van der Waals surface area (Å²) in [5, 5.41) is 0. The third-order valence-electron chi connectivity index (χ3n) is 3.80. The number of methoxy groups -OCH3 is 1. The Balaban J connectivity index is 1.72. The van der Waals surface area contributed by atoms with Crippen LogP contribution in [-0.2, 0) is 15.9 Å². The number of ether oxygens (including phenoxy) is 4. The zero-order chi connectivity index (χ0) is 15.0. The predicted octanol–water partition coefficient (Wildman–Crippen LogP) is 2.35. The van der Waals surface area contributed by atoms with Gasteiger partial charge in [-0.25, -0.2) is 0 Å². The molecule has 114 valence electrons. The van der Waals surface area contributed by atoms with Crippen molar-refractivity contribution in [3.05, 3.63) is 23.3 Å². The lowest BCUT2D eigenvalue weighted by molar-refractivity contribution is -0.141. The molecule has 0 saturated carbocycles. The highest BCUT2D eigenvalue weighted by molar-refractivity contribution is 6.01. The minimum absolute atomic E-state index is 0.0976. The van der Waals surface area contributed by atoms with Crippen molar-refractivity contribution >= 4 is 5.78 Å². The Morgan fingerprint density at radius 2 is 2.10 bits per heavy atom. The quantitative estimate of drug-likeness (QED) is 0.852. The van der Waals surface area contributed by atoms with E-state index in [0.717, 1.165) is 17.5 Å². The second-order valence-corrected chi connectivity index (χ2v) is 5.85. The molecule has 1 aliphatic heterocycles. The number of rotatable bonds is 4. The van der Waals surface area contributed by atoms with Gasteiger partial charge >= 0.3 is 0 Å². The van der Waals surface area contributed by atoms with Gasteiger partial charge in [0.15, 0.2) is 23.1 Å². The molecule has 1 atom stereocenters. The number of hydrogen-bond donors (Lipinski definition) is 0. The highest BCUT2D eigenvalue weighted by Gasteiger charge is 2.33. The number of benzene rings is 1. The largest absolute Gasteiger partial charge is 0.493 e. The standard InChI is InChI=1S/C16H20O5/c1-16(2)20-9-11(21-16)8-19-15-6-10-4-5-13(17)12(10)7-14(15)18-3/h6-7,11H,4-5,8-9H2,1-3H3. The normalized spacial score (nSPS) is 23.2. The molecule has 3 rings (SSSR count). The third kappa shape index (κ3) is 2.89. The molecule has 0 bridgehead atoms. The number of aryl methyl sites for hydroxylation is 1. The first-order chi connectivity index (χ1) is 9.98. The smallest absolute Gasteiger partial charge is 0.163 e. The average molecular weight is 292 g/mol. The van der Waals surface area contributed by atoms with Gasteiger partial charge in [-0.05, 0) is 38.0 Å². The summed E-state index contributed by atoms with van der Waals surface area (Å²) in [5.41, 5.74) is 1.78. The maximum absolute atomic E-state index is 11.8. The van der Waals surface area contributed by atoms with E-state index in [1.54, 1.807) is 13.2 Å². The monoisotopic (exact) mass is 292 g/mol. The van der Waals surface area contributed by atoms with Crippen molar-refractivity contribution in [3.8, 4) is 11.5 Å². The number of fused-ring (bicyclic) bond motifs is 1. The fraction of sp³-hybridized carbons (Fsp3) is 0.562. The number of ketones is 1. The van der Waals surface area contributed by atoms with E-state index in [9.17, 15) is 4.79 Å². The van der Waals surface area contributed by atoms with Gasteiger partial charge in [0.25, 0.3) is 0 Å². The third-order valence-corrected chi connectivity index (χ3v) is 3.80. The average Bonchev–Trinajstić information content (AvgIpc) is 2.98. The van der Waals surface area contributed by atoms with Gasteiger partial charge in [-0.2, -0.15) is 0 Å². The van der Waals surface area contributed by atoms with Gasteiger partial charge in [0.1, 0.15) is 12.7 Å². The molecule has 0 aromatic heterocycles. The summed E-state index contributed by atoms with van der Waals surface area (Å²) in [7, 11) is 1.58. The molecule has 1 saturated heterocycles. The van der Waals surface area contributed by atoms with Crippen LogP contribution in [0.5, 0.6) is 11.5 Å². The van der Waals surface area contributed by atoms with Gasteiger partial charge < -0.3 is 18.9 Å². The van der Waals surface area contributed by atoms with Gasteiger partial charge in [-0.1, -0.05) is 0 Å². The van der Waals surface area contributed by atoms with E-state index in [2.05, 4.69) is 0 Å². The molecule has 5 nitrogen and oxygen atoms in total. The van der Waals surface area contributed by atoms with E-state index in [1.165, 1.54) is 0 Å². The zero-order valence-corrected chi connectivity index (χ0v) is 12.6. The van der Waals surface area contributed by atoms with Gasteiger partial charge in [-0.3, -0.25) is 4.79 Å². The van der Waals surface area contributed by atoms with Gasteiger partial charge in [-0.15, -0.1) is 0 Å². The van der Waals surface area contributed by atoms with Crippen LogP contribution in [0.2, 0.25) is 0 Å². The van der Waals surface area contributed by atoms with E-state index in [0.29, 0.717) is 31.1 Å². The second-order valence-electron chi connectivity index (χ2n) is 5.85. The summed E-state index contributed by atoms with van der Waals surface area (Å²) >= 11 is 0. The molecule has 2 aliphatic rings. The molecule has 0 N–H and O–H groups in total. The predicted molar refractivity (Wildman–Crippen MR) is 76.0 cm³/mol. The Morgan fingerprint density at radius 3 is 2.76 bits per heavy atom. The van der Waals surface area contributed by atoms with Crippen LogP contribution in [0.25, 0.3) is 0 Å². The van der Waals surface area contributed by atoms with E-state index in [4.69, 9.17) is 18.9 Å². The van der Waals surface area contributed by atoms with Crippen LogP contribution < -0.4 is 9.47 Å². The van der Waals surface area contributed by atoms with Crippen molar-refractivity contribution in [2.24, 2.45) is 0 Å². The van der Waals surface area contributed by atoms with Crippen molar-refractivity contribution < 1.29 is 23.7 Å². The van der Waals surface area contributed by atoms with Crippen molar-refractivity contribution in [3.63, 3.8) is 0 Å². The minimum Gasteiger partial charge on any atom is -0.493 e. The molecular weight excluding hydrogens is 272 g/mol. The molecule has 5 heteroatoms. The Morgan fingerprint density at radius 1 is 1.29 bits per heavy atom. The number of carbonyl (C=O) groups excluding carboxylic acids is 1.